The van der Waals surface area contributed by atoms with Gasteiger partial charge in [0.15, 0.2) is 0 Å². The minimum atomic E-state index is -0.401. The topological polar surface area (TPSA) is 35.5 Å². The van der Waals surface area contributed by atoms with Crippen molar-refractivity contribution in [3.05, 3.63) is 66.2 Å². The number of β-amino-alcohol motifs (C(OH)–C–C–N with tert-alkyl or cyclic N) is 1. The van der Waals surface area contributed by atoms with Crippen LogP contribution in [0.5, 0.6) is 0 Å². The first kappa shape index (κ1) is 16.0. The number of para-hydroxylation sites is 1. The highest BCUT2D eigenvalue weighted by molar-refractivity contribution is 5.43. The number of rotatable bonds is 5. The molecule has 0 aromatic heterocycles. The molecule has 3 rings (SSSR count). The van der Waals surface area contributed by atoms with Gasteiger partial charge in [-0.1, -0.05) is 55.5 Å². The smallest absolute Gasteiger partial charge is 0.0916 e. The maximum atomic E-state index is 10.4. The summed E-state index contributed by atoms with van der Waals surface area (Å²) in [6, 6.07) is 20.9. The number of nitrogens with one attached hydrogen (secondary N) is 1. The standard InChI is InChI=1S/C20H26N2O/c1-16-14-22(15-20(23)17-8-4-2-5-9-17)13-12-19(16)21-18-10-6-3-7-11-18/h2-11,16,19-21,23H,12-15H2,1H3/t16-,19+,20-/m0/s1. The molecule has 2 N–H and O–H groups in total. The summed E-state index contributed by atoms with van der Waals surface area (Å²) in [5.41, 5.74) is 2.20. The van der Waals surface area contributed by atoms with E-state index >= 15 is 0 Å². The summed E-state index contributed by atoms with van der Waals surface area (Å²) in [4.78, 5) is 2.38. The van der Waals surface area contributed by atoms with Crippen LogP contribution >= 0.6 is 0 Å². The van der Waals surface area contributed by atoms with Crippen LogP contribution in [0.15, 0.2) is 60.7 Å². The first-order chi connectivity index (χ1) is 11.2. The Morgan fingerprint density at radius 3 is 2.39 bits per heavy atom. The third-order valence-electron chi connectivity index (χ3n) is 4.73. The highest BCUT2D eigenvalue weighted by Gasteiger charge is 2.27. The van der Waals surface area contributed by atoms with Gasteiger partial charge in [0.1, 0.15) is 0 Å². The molecule has 0 aliphatic carbocycles. The summed E-state index contributed by atoms with van der Waals surface area (Å²) >= 11 is 0. The molecule has 1 fully saturated rings. The van der Waals surface area contributed by atoms with Gasteiger partial charge in [-0.25, -0.2) is 0 Å². The molecule has 2 aromatic rings. The Morgan fingerprint density at radius 1 is 1.09 bits per heavy atom. The van der Waals surface area contributed by atoms with Crippen molar-refractivity contribution in [2.24, 2.45) is 5.92 Å². The van der Waals surface area contributed by atoms with Crippen LogP contribution in [0.4, 0.5) is 5.69 Å². The number of aliphatic hydroxyl groups excluding tert-OH is 1. The number of hydrogen-bond acceptors (Lipinski definition) is 3. The average molecular weight is 310 g/mol. The van der Waals surface area contributed by atoms with Gasteiger partial charge in [-0.2, -0.15) is 0 Å². The van der Waals surface area contributed by atoms with E-state index < -0.39 is 6.10 Å². The Morgan fingerprint density at radius 2 is 1.74 bits per heavy atom. The third kappa shape index (κ3) is 4.34. The third-order valence-corrected chi connectivity index (χ3v) is 4.73. The SMILES string of the molecule is C[C@H]1CN(C[C@H](O)c2ccccc2)CC[C@H]1Nc1ccccc1. The van der Waals surface area contributed by atoms with Crippen LogP contribution in [-0.4, -0.2) is 35.7 Å². The van der Waals surface area contributed by atoms with Crippen molar-refractivity contribution in [1.29, 1.82) is 0 Å². The van der Waals surface area contributed by atoms with Crippen LogP contribution in [0.1, 0.15) is 25.0 Å². The van der Waals surface area contributed by atoms with E-state index in [2.05, 4.69) is 41.4 Å². The first-order valence-corrected chi connectivity index (χ1v) is 8.49. The molecule has 0 bridgehead atoms. The quantitative estimate of drug-likeness (QED) is 0.886. The van der Waals surface area contributed by atoms with Gasteiger partial charge < -0.3 is 10.4 Å². The van der Waals surface area contributed by atoms with Crippen LogP contribution in [0, 0.1) is 5.92 Å². The minimum Gasteiger partial charge on any atom is -0.387 e. The summed E-state index contributed by atoms with van der Waals surface area (Å²) < 4.78 is 0. The van der Waals surface area contributed by atoms with E-state index in [-0.39, 0.29) is 0 Å². The fourth-order valence-corrected chi connectivity index (χ4v) is 3.39. The number of anilines is 1. The normalized spacial score (nSPS) is 23.4. The largest absolute Gasteiger partial charge is 0.387 e. The van der Waals surface area contributed by atoms with Crippen LogP contribution in [0.3, 0.4) is 0 Å². The van der Waals surface area contributed by atoms with Crippen LogP contribution in [-0.2, 0) is 0 Å². The molecule has 122 valence electrons. The van der Waals surface area contributed by atoms with E-state index in [1.807, 2.05) is 36.4 Å². The van der Waals surface area contributed by atoms with E-state index in [0.717, 1.165) is 25.1 Å². The number of likely N-dealkylation sites (tertiary alicyclic amines) is 1. The van der Waals surface area contributed by atoms with Crippen LogP contribution in [0.2, 0.25) is 0 Å². The van der Waals surface area contributed by atoms with Crippen molar-refractivity contribution in [1.82, 2.24) is 4.90 Å². The number of nitrogens with zero attached hydrogens (tertiary/aromatic N) is 1. The second-order valence-electron chi connectivity index (χ2n) is 6.57. The number of aliphatic hydroxyl groups is 1. The average Bonchev–Trinajstić information content (AvgIpc) is 2.59. The molecular formula is C20H26N2O. The van der Waals surface area contributed by atoms with E-state index in [4.69, 9.17) is 0 Å². The summed E-state index contributed by atoms with van der Waals surface area (Å²) in [5, 5.41) is 14.0. The Labute approximate surface area is 139 Å². The molecule has 0 radical (unpaired) electrons. The van der Waals surface area contributed by atoms with Crippen LogP contribution in [0.25, 0.3) is 0 Å². The van der Waals surface area contributed by atoms with Gasteiger partial charge in [-0.15, -0.1) is 0 Å². The van der Waals surface area contributed by atoms with Crippen molar-refractivity contribution in [2.45, 2.75) is 25.5 Å². The molecule has 0 amide bonds. The highest BCUT2D eigenvalue weighted by atomic mass is 16.3. The fourth-order valence-electron chi connectivity index (χ4n) is 3.39. The Hall–Kier alpha value is -1.84. The number of piperidine rings is 1. The van der Waals surface area contributed by atoms with E-state index in [1.165, 1.54) is 5.69 Å². The van der Waals surface area contributed by atoms with Gasteiger partial charge in [0.25, 0.3) is 0 Å². The fraction of sp³-hybridized carbons (Fsp3) is 0.400. The lowest BCUT2D eigenvalue weighted by Gasteiger charge is -2.38. The van der Waals surface area contributed by atoms with Crippen molar-refractivity contribution < 1.29 is 5.11 Å². The molecule has 0 unspecified atom stereocenters. The van der Waals surface area contributed by atoms with E-state index in [9.17, 15) is 5.11 Å². The van der Waals surface area contributed by atoms with Crippen molar-refractivity contribution in [2.75, 3.05) is 25.0 Å². The van der Waals surface area contributed by atoms with Gasteiger partial charge in [0.05, 0.1) is 6.10 Å². The van der Waals surface area contributed by atoms with Gasteiger partial charge >= 0.3 is 0 Å². The molecule has 2 aromatic carbocycles. The molecular weight excluding hydrogens is 284 g/mol. The Balaban J connectivity index is 1.52. The van der Waals surface area contributed by atoms with Gasteiger partial charge in [0, 0.05) is 31.4 Å². The van der Waals surface area contributed by atoms with Crippen molar-refractivity contribution >= 4 is 5.69 Å². The van der Waals surface area contributed by atoms with Gasteiger partial charge in [-0.05, 0) is 30.0 Å². The molecule has 1 aliphatic heterocycles. The molecule has 1 saturated heterocycles. The lowest BCUT2D eigenvalue weighted by molar-refractivity contribution is 0.0837. The maximum absolute atomic E-state index is 10.4. The van der Waals surface area contributed by atoms with Gasteiger partial charge in [0.2, 0.25) is 0 Å². The molecule has 23 heavy (non-hydrogen) atoms. The lowest BCUT2D eigenvalue weighted by Crippen LogP contribution is -2.46. The van der Waals surface area contributed by atoms with Crippen LogP contribution < -0.4 is 5.32 Å². The molecule has 0 spiro atoms. The zero-order chi connectivity index (χ0) is 16.1. The summed E-state index contributed by atoms with van der Waals surface area (Å²) in [7, 11) is 0. The van der Waals surface area contributed by atoms with Gasteiger partial charge in [-0.3, -0.25) is 4.90 Å². The van der Waals surface area contributed by atoms with Crippen molar-refractivity contribution in [3.8, 4) is 0 Å². The second kappa shape index (κ2) is 7.62. The lowest BCUT2D eigenvalue weighted by atomic mass is 9.93. The second-order valence-corrected chi connectivity index (χ2v) is 6.57. The van der Waals surface area contributed by atoms with E-state index in [1.54, 1.807) is 0 Å². The Kier molecular flexibility index (Phi) is 5.31. The number of benzene rings is 2. The summed E-state index contributed by atoms with van der Waals surface area (Å²) in [6.07, 6.45) is 0.708. The van der Waals surface area contributed by atoms with Crippen molar-refractivity contribution in [3.63, 3.8) is 0 Å². The molecule has 1 aliphatic rings. The zero-order valence-electron chi connectivity index (χ0n) is 13.7. The predicted molar refractivity (Wildman–Crippen MR) is 95.5 cm³/mol. The molecule has 0 saturated carbocycles. The molecule has 1 heterocycles. The highest BCUT2D eigenvalue weighted by Crippen LogP contribution is 2.23. The Bertz CT molecular complexity index is 587. The predicted octanol–water partition coefficient (Wildman–Crippen LogP) is 3.54. The monoisotopic (exact) mass is 310 g/mol. The molecule has 3 heteroatoms. The minimum absolute atomic E-state index is 0.401. The molecule has 3 nitrogen and oxygen atoms in total. The van der Waals surface area contributed by atoms with E-state index in [0.29, 0.717) is 18.5 Å². The maximum Gasteiger partial charge on any atom is 0.0916 e. The first-order valence-electron chi connectivity index (χ1n) is 8.49. The summed E-state index contributed by atoms with van der Waals surface area (Å²) in [6.45, 7) is 5.06. The molecule has 3 atom stereocenters. The zero-order valence-corrected chi connectivity index (χ0v) is 13.7. The summed E-state index contributed by atoms with van der Waals surface area (Å²) in [5.74, 6) is 0.562. The number of hydrogen-bond donors (Lipinski definition) is 2.